The van der Waals surface area contributed by atoms with Crippen LogP contribution in [0.3, 0.4) is 0 Å². The first-order valence-corrected chi connectivity index (χ1v) is 7.24. The van der Waals surface area contributed by atoms with E-state index in [0.29, 0.717) is 12.5 Å². The highest BCUT2D eigenvalue weighted by Gasteiger charge is 2.13. The van der Waals surface area contributed by atoms with Crippen LogP contribution in [0.5, 0.6) is 0 Å². The summed E-state index contributed by atoms with van der Waals surface area (Å²) >= 11 is 6.70. The van der Waals surface area contributed by atoms with Gasteiger partial charge in [-0.1, -0.05) is 18.3 Å². The fraction of sp³-hybridized carbons (Fsp3) is 1.00. The van der Waals surface area contributed by atoms with Crippen molar-refractivity contribution in [1.82, 2.24) is 0 Å². The minimum Gasteiger partial charge on any atom is -0.320 e. The number of hydrogen-bond donors (Lipinski definition) is 0. The summed E-state index contributed by atoms with van der Waals surface area (Å²) in [5.74, 6) is 1.22. The zero-order valence-corrected chi connectivity index (χ0v) is 8.64. The van der Waals surface area contributed by atoms with E-state index < -0.39 is 6.57 Å². The Balaban J connectivity index is 3.53. The standard InChI is InChI=1S/C5H12ClO2PS/c1-3-10-9(2,7)8-5-4-6/h3-5H2,1-2H3. The van der Waals surface area contributed by atoms with Crippen LogP contribution in [-0.4, -0.2) is 24.9 Å². The maximum atomic E-state index is 11.3. The summed E-state index contributed by atoms with van der Waals surface area (Å²) in [6, 6.07) is 0. The van der Waals surface area contributed by atoms with E-state index in [0.717, 1.165) is 5.75 Å². The first-order valence-electron chi connectivity index (χ1n) is 3.05. The zero-order valence-electron chi connectivity index (χ0n) is 6.17. The van der Waals surface area contributed by atoms with Crippen molar-refractivity contribution in [3.63, 3.8) is 0 Å². The third-order valence-electron chi connectivity index (χ3n) is 0.767. The predicted molar refractivity (Wildman–Crippen MR) is 48.3 cm³/mol. The van der Waals surface area contributed by atoms with Crippen LogP contribution in [0.25, 0.3) is 0 Å². The molecular formula is C5H12ClO2PS. The number of rotatable bonds is 5. The van der Waals surface area contributed by atoms with E-state index >= 15 is 0 Å². The van der Waals surface area contributed by atoms with Gasteiger partial charge in [-0.15, -0.1) is 11.6 Å². The fourth-order valence-electron chi connectivity index (χ4n) is 0.472. The van der Waals surface area contributed by atoms with E-state index in [9.17, 15) is 4.57 Å². The van der Waals surface area contributed by atoms with Crippen molar-refractivity contribution in [2.24, 2.45) is 0 Å². The summed E-state index contributed by atoms with van der Waals surface area (Å²) in [6.07, 6.45) is 0. The monoisotopic (exact) mass is 202 g/mol. The summed E-state index contributed by atoms with van der Waals surface area (Å²) in [5.41, 5.74) is 0. The summed E-state index contributed by atoms with van der Waals surface area (Å²) in [7, 11) is 0. The molecule has 0 aliphatic carbocycles. The molecule has 0 aromatic carbocycles. The van der Waals surface area contributed by atoms with Crippen molar-refractivity contribution in [2.45, 2.75) is 6.92 Å². The highest BCUT2D eigenvalue weighted by atomic mass is 35.5. The summed E-state index contributed by atoms with van der Waals surface area (Å²) in [4.78, 5) is 0. The van der Waals surface area contributed by atoms with E-state index in [4.69, 9.17) is 16.1 Å². The van der Waals surface area contributed by atoms with Gasteiger partial charge in [0.05, 0.1) is 6.61 Å². The molecule has 0 N–H and O–H groups in total. The third-order valence-corrected chi connectivity index (χ3v) is 4.80. The molecule has 0 aromatic rings. The van der Waals surface area contributed by atoms with E-state index in [1.54, 1.807) is 6.66 Å². The van der Waals surface area contributed by atoms with Gasteiger partial charge >= 0.3 is 0 Å². The molecule has 2 nitrogen and oxygen atoms in total. The molecule has 10 heavy (non-hydrogen) atoms. The lowest BCUT2D eigenvalue weighted by Crippen LogP contribution is -1.90. The van der Waals surface area contributed by atoms with Gasteiger partial charge in [0.1, 0.15) is 0 Å². The SMILES string of the molecule is CCSP(C)(=O)OCCCl. The molecule has 0 heterocycles. The van der Waals surface area contributed by atoms with Gasteiger partial charge in [0.25, 0.3) is 6.57 Å². The van der Waals surface area contributed by atoms with Crippen LogP contribution in [-0.2, 0) is 9.09 Å². The lowest BCUT2D eigenvalue weighted by Gasteiger charge is -2.09. The highest BCUT2D eigenvalue weighted by Crippen LogP contribution is 2.55. The van der Waals surface area contributed by atoms with Crippen LogP contribution in [0.4, 0.5) is 0 Å². The molecule has 1 unspecified atom stereocenters. The van der Waals surface area contributed by atoms with Crippen molar-refractivity contribution in [3.8, 4) is 0 Å². The second kappa shape index (κ2) is 5.48. The second-order valence-corrected chi connectivity index (χ2v) is 7.49. The predicted octanol–water partition coefficient (Wildman–Crippen LogP) is 2.82. The Morgan fingerprint density at radius 3 is 2.70 bits per heavy atom. The van der Waals surface area contributed by atoms with Crippen molar-refractivity contribution < 1.29 is 9.09 Å². The summed E-state index contributed by atoms with van der Waals surface area (Å²) in [6.45, 7) is 1.57. The first-order chi connectivity index (χ1) is 4.62. The molecule has 0 amide bonds. The molecule has 62 valence electrons. The Bertz CT molecular complexity index is 131. The Morgan fingerprint density at radius 1 is 1.70 bits per heavy atom. The molecule has 0 saturated carbocycles. The van der Waals surface area contributed by atoms with Crippen LogP contribution >= 0.6 is 29.6 Å². The maximum Gasteiger partial charge on any atom is 0.254 e. The molecule has 0 spiro atoms. The largest absolute Gasteiger partial charge is 0.320 e. The topological polar surface area (TPSA) is 26.3 Å². The molecule has 0 aliphatic rings. The van der Waals surface area contributed by atoms with Gasteiger partial charge in [-0.05, 0) is 5.75 Å². The number of hydrogen-bond acceptors (Lipinski definition) is 3. The quantitative estimate of drug-likeness (QED) is 0.507. The van der Waals surface area contributed by atoms with E-state index in [2.05, 4.69) is 0 Å². The molecule has 5 heteroatoms. The molecule has 0 saturated heterocycles. The Morgan fingerprint density at radius 2 is 2.30 bits per heavy atom. The first kappa shape index (κ1) is 10.8. The van der Waals surface area contributed by atoms with Gasteiger partial charge < -0.3 is 4.52 Å². The highest BCUT2D eigenvalue weighted by molar-refractivity contribution is 8.56. The van der Waals surface area contributed by atoms with Gasteiger partial charge in [-0.25, -0.2) is 0 Å². The summed E-state index contributed by atoms with van der Waals surface area (Å²) in [5, 5.41) is 0. The van der Waals surface area contributed by atoms with Crippen molar-refractivity contribution in [3.05, 3.63) is 0 Å². The molecule has 1 atom stereocenters. The molecular weight excluding hydrogens is 191 g/mol. The Labute approximate surface area is 70.9 Å². The lowest BCUT2D eigenvalue weighted by atomic mass is 10.9. The third kappa shape index (κ3) is 5.60. The molecule has 0 rings (SSSR count). The van der Waals surface area contributed by atoms with E-state index in [1.807, 2.05) is 6.92 Å². The van der Waals surface area contributed by atoms with Crippen LogP contribution < -0.4 is 0 Å². The van der Waals surface area contributed by atoms with Crippen LogP contribution in [0, 0.1) is 0 Å². The average Bonchev–Trinajstić information content (AvgIpc) is 1.84. The molecule has 0 radical (unpaired) electrons. The fourth-order valence-corrected chi connectivity index (χ4v) is 3.48. The lowest BCUT2D eigenvalue weighted by molar-refractivity contribution is 0.352. The van der Waals surface area contributed by atoms with Crippen LogP contribution in [0.15, 0.2) is 0 Å². The van der Waals surface area contributed by atoms with Gasteiger partial charge in [0.2, 0.25) is 0 Å². The minimum atomic E-state index is -2.38. The van der Waals surface area contributed by atoms with Gasteiger partial charge in [0, 0.05) is 12.5 Å². The molecule has 0 aromatic heterocycles. The van der Waals surface area contributed by atoms with E-state index in [-0.39, 0.29) is 0 Å². The molecule has 0 aliphatic heterocycles. The van der Waals surface area contributed by atoms with Crippen LogP contribution in [0.2, 0.25) is 0 Å². The summed E-state index contributed by atoms with van der Waals surface area (Å²) < 4.78 is 16.3. The van der Waals surface area contributed by atoms with Gasteiger partial charge in [-0.2, -0.15) is 0 Å². The zero-order chi connectivity index (χ0) is 8.04. The van der Waals surface area contributed by atoms with Crippen molar-refractivity contribution >= 4 is 29.6 Å². The molecule has 0 bridgehead atoms. The van der Waals surface area contributed by atoms with E-state index in [1.165, 1.54) is 11.4 Å². The molecule has 0 fully saturated rings. The Hall–Kier alpha value is 0.830. The normalized spacial score (nSPS) is 16.7. The van der Waals surface area contributed by atoms with Crippen molar-refractivity contribution in [2.75, 3.05) is 24.9 Å². The number of alkyl halides is 1. The number of halogens is 1. The van der Waals surface area contributed by atoms with Gasteiger partial charge in [0.15, 0.2) is 0 Å². The Kier molecular flexibility index (Phi) is 5.93. The average molecular weight is 203 g/mol. The maximum absolute atomic E-state index is 11.3. The minimum absolute atomic E-state index is 0.377. The second-order valence-electron chi connectivity index (χ2n) is 1.71. The van der Waals surface area contributed by atoms with Crippen LogP contribution in [0.1, 0.15) is 6.92 Å². The van der Waals surface area contributed by atoms with Crippen molar-refractivity contribution in [1.29, 1.82) is 0 Å². The van der Waals surface area contributed by atoms with Gasteiger partial charge in [-0.3, -0.25) is 4.57 Å². The smallest absolute Gasteiger partial charge is 0.254 e.